The molecule has 7 nitrogen and oxygen atoms in total. The Morgan fingerprint density at radius 3 is 2.70 bits per heavy atom. The summed E-state index contributed by atoms with van der Waals surface area (Å²) in [6.07, 6.45) is 4.73. The zero-order valence-corrected chi connectivity index (χ0v) is 11.8. The van der Waals surface area contributed by atoms with Crippen LogP contribution in [-0.4, -0.2) is 49.0 Å². The third-order valence-corrected chi connectivity index (χ3v) is 4.31. The van der Waals surface area contributed by atoms with Gasteiger partial charge in [0.1, 0.15) is 6.04 Å². The summed E-state index contributed by atoms with van der Waals surface area (Å²) in [6.45, 7) is 0.426. The molecule has 1 aromatic rings. The van der Waals surface area contributed by atoms with Gasteiger partial charge in [-0.25, -0.2) is 8.42 Å². The minimum atomic E-state index is -3.44. The van der Waals surface area contributed by atoms with E-state index in [4.69, 9.17) is 5.73 Å². The van der Waals surface area contributed by atoms with Crippen LogP contribution < -0.4 is 5.73 Å². The molecule has 0 bridgehead atoms. The summed E-state index contributed by atoms with van der Waals surface area (Å²) in [5, 5.41) is 0. The lowest BCUT2D eigenvalue weighted by atomic mass is 10.2. The van der Waals surface area contributed by atoms with Crippen molar-refractivity contribution in [2.24, 2.45) is 5.73 Å². The van der Waals surface area contributed by atoms with Crippen molar-refractivity contribution in [1.29, 1.82) is 0 Å². The van der Waals surface area contributed by atoms with Gasteiger partial charge in [-0.2, -0.15) is 0 Å². The normalized spacial score (nSPS) is 19.1. The summed E-state index contributed by atoms with van der Waals surface area (Å²) < 4.78 is 22.9. The van der Waals surface area contributed by atoms with Crippen LogP contribution in [-0.2, 0) is 14.6 Å². The summed E-state index contributed by atoms with van der Waals surface area (Å²) in [7, 11) is -3.44. The summed E-state index contributed by atoms with van der Waals surface area (Å²) >= 11 is 0. The number of hydrogen-bond donors (Lipinski definition) is 1. The van der Waals surface area contributed by atoms with Gasteiger partial charge in [-0.05, 0) is 18.9 Å². The van der Waals surface area contributed by atoms with Crippen molar-refractivity contribution in [3.8, 4) is 0 Å². The molecule has 8 heteroatoms. The van der Waals surface area contributed by atoms with Crippen LogP contribution in [0.3, 0.4) is 0 Å². The zero-order valence-electron chi connectivity index (χ0n) is 10.9. The number of primary amides is 1. The van der Waals surface area contributed by atoms with Gasteiger partial charge < -0.3 is 10.6 Å². The van der Waals surface area contributed by atoms with Crippen molar-refractivity contribution in [2.75, 3.05) is 12.8 Å². The van der Waals surface area contributed by atoms with E-state index in [0.717, 1.165) is 6.26 Å². The van der Waals surface area contributed by atoms with E-state index in [0.29, 0.717) is 19.4 Å². The number of nitrogens with zero attached hydrogens (tertiary/aromatic N) is 2. The van der Waals surface area contributed by atoms with E-state index in [1.165, 1.54) is 23.4 Å². The average Bonchev–Trinajstić information content (AvgIpc) is 2.86. The molecule has 1 saturated heterocycles. The Balaban J connectivity index is 2.32. The number of hydrogen-bond acceptors (Lipinski definition) is 5. The topological polar surface area (TPSA) is 110 Å². The first-order chi connectivity index (χ1) is 9.30. The smallest absolute Gasteiger partial charge is 0.256 e. The number of carbonyl (C=O) groups excluding carboxylic acids is 2. The molecular weight excluding hydrogens is 282 g/mol. The maximum Gasteiger partial charge on any atom is 0.256 e. The molecule has 2 heterocycles. The second-order valence-corrected chi connectivity index (χ2v) is 6.76. The molecule has 0 radical (unpaired) electrons. The van der Waals surface area contributed by atoms with Gasteiger partial charge in [-0.3, -0.25) is 14.6 Å². The number of rotatable bonds is 3. The van der Waals surface area contributed by atoms with Crippen LogP contribution in [0.1, 0.15) is 23.2 Å². The van der Waals surface area contributed by atoms with Gasteiger partial charge in [-0.15, -0.1) is 0 Å². The quantitative estimate of drug-likeness (QED) is 0.814. The Kier molecular flexibility index (Phi) is 3.76. The summed E-state index contributed by atoms with van der Waals surface area (Å²) in [4.78, 5) is 28.7. The molecule has 0 saturated carbocycles. The van der Waals surface area contributed by atoms with Crippen molar-refractivity contribution >= 4 is 21.7 Å². The lowest BCUT2D eigenvalue weighted by Crippen LogP contribution is -2.43. The van der Waals surface area contributed by atoms with Crippen LogP contribution in [0, 0.1) is 0 Å². The van der Waals surface area contributed by atoms with Gasteiger partial charge in [0.25, 0.3) is 5.91 Å². The zero-order chi connectivity index (χ0) is 14.9. The summed E-state index contributed by atoms with van der Waals surface area (Å²) in [5.74, 6) is -0.979. The highest BCUT2D eigenvalue weighted by Crippen LogP contribution is 2.20. The van der Waals surface area contributed by atoms with E-state index in [1.54, 1.807) is 0 Å². The average molecular weight is 297 g/mol. The van der Waals surface area contributed by atoms with Gasteiger partial charge >= 0.3 is 0 Å². The number of sulfone groups is 1. The van der Waals surface area contributed by atoms with Crippen LogP contribution in [0.5, 0.6) is 0 Å². The third-order valence-electron chi connectivity index (χ3n) is 3.23. The van der Waals surface area contributed by atoms with E-state index >= 15 is 0 Å². The highest BCUT2D eigenvalue weighted by Gasteiger charge is 2.33. The lowest BCUT2D eigenvalue weighted by molar-refractivity contribution is -0.121. The van der Waals surface area contributed by atoms with Gasteiger partial charge in [0.15, 0.2) is 9.84 Å². The molecule has 0 spiro atoms. The van der Waals surface area contributed by atoms with E-state index in [2.05, 4.69) is 4.98 Å². The summed E-state index contributed by atoms with van der Waals surface area (Å²) in [6, 6.07) is 0.630. The van der Waals surface area contributed by atoms with E-state index in [-0.39, 0.29) is 10.5 Å². The second kappa shape index (κ2) is 5.20. The van der Waals surface area contributed by atoms with Crippen molar-refractivity contribution in [2.45, 2.75) is 23.8 Å². The van der Waals surface area contributed by atoms with Gasteiger partial charge in [-0.1, -0.05) is 0 Å². The molecule has 0 aromatic carbocycles. The van der Waals surface area contributed by atoms with Gasteiger partial charge in [0, 0.05) is 25.2 Å². The van der Waals surface area contributed by atoms with Crippen molar-refractivity contribution in [1.82, 2.24) is 9.88 Å². The van der Waals surface area contributed by atoms with E-state index in [1.807, 2.05) is 0 Å². The summed E-state index contributed by atoms with van der Waals surface area (Å²) in [5.41, 5.74) is 5.40. The third kappa shape index (κ3) is 2.79. The minimum Gasteiger partial charge on any atom is -0.368 e. The maximum atomic E-state index is 12.3. The fourth-order valence-corrected chi connectivity index (χ4v) is 2.80. The van der Waals surface area contributed by atoms with Crippen LogP contribution >= 0.6 is 0 Å². The molecular formula is C12H15N3O4S. The molecule has 1 aromatic heterocycles. The van der Waals surface area contributed by atoms with E-state index < -0.39 is 27.7 Å². The molecule has 1 aliphatic heterocycles. The molecule has 1 atom stereocenters. The number of carbonyl (C=O) groups is 2. The van der Waals surface area contributed by atoms with Crippen LogP contribution in [0.2, 0.25) is 0 Å². The largest absolute Gasteiger partial charge is 0.368 e. The molecule has 0 aliphatic carbocycles. The van der Waals surface area contributed by atoms with Crippen LogP contribution in [0.15, 0.2) is 23.4 Å². The monoisotopic (exact) mass is 297 g/mol. The van der Waals surface area contributed by atoms with Gasteiger partial charge in [0.2, 0.25) is 5.91 Å². The Morgan fingerprint density at radius 2 is 2.10 bits per heavy atom. The fraction of sp³-hybridized carbons (Fsp3) is 0.417. The highest BCUT2D eigenvalue weighted by molar-refractivity contribution is 7.90. The molecule has 1 aliphatic rings. The number of amides is 2. The Morgan fingerprint density at radius 1 is 1.40 bits per heavy atom. The Bertz CT molecular complexity index is 656. The molecule has 20 heavy (non-hydrogen) atoms. The van der Waals surface area contributed by atoms with Crippen LogP contribution in [0.4, 0.5) is 0 Å². The van der Waals surface area contributed by atoms with Crippen molar-refractivity contribution in [3.05, 3.63) is 24.0 Å². The lowest BCUT2D eigenvalue weighted by Gasteiger charge is -2.22. The number of pyridine rings is 1. The first-order valence-electron chi connectivity index (χ1n) is 6.06. The van der Waals surface area contributed by atoms with Gasteiger partial charge in [0.05, 0.1) is 10.5 Å². The van der Waals surface area contributed by atoms with Crippen molar-refractivity contribution in [3.63, 3.8) is 0 Å². The second-order valence-electron chi connectivity index (χ2n) is 4.74. The van der Waals surface area contributed by atoms with E-state index in [9.17, 15) is 18.0 Å². The SMILES string of the molecule is CS(=O)(=O)c1cncc(C(=O)N2CCC[C@@H]2C(N)=O)c1. The first-order valence-corrected chi connectivity index (χ1v) is 7.95. The maximum absolute atomic E-state index is 12.3. The fourth-order valence-electron chi connectivity index (χ4n) is 2.21. The number of likely N-dealkylation sites (tertiary alicyclic amines) is 1. The van der Waals surface area contributed by atoms with Crippen molar-refractivity contribution < 1.29 is 18.0 Å². The molecule has 2 amide bonds. The molecule has 0 unspecified atom stereocenters. The Hall–Kier alpha value is -1.96. The number of nitrogens with two attached hydrogens (primary N) is 1. The molecule has 108 valence electrons. The standard InChI is InChI=1S/C12H15N3O4S/c1-20(18,19)9-5-8(6-14-7-9)12(17)15-4-2-3-10(15)11(13)16/h5-7,10H,2-4H2,1H3,(H2,13,16)/t10-/m1/s1. The molecule has 2 rings (SSSR count). The molecule has 2 N–H and O–H groups in total. The Labute approximate surface area is 116 Å². The predicted octanol–water partition coefficient (Wildman–Crippen LogP) is -0.425. The first kappa shape index (κ1) is 14.4. The number of aromatic nitrogens is 1. The predicted molar refractivity (Wildman–Crippen MR) is 70.6 cm³/mol. The van der Waals surface area contributed by atoms with Crippen LogP contribution in [0.25, 0.3) is 0 Å². The minimum absolute atomic E-state index is 0.0295. The molecule has 1 fully saturated rings. The highest BCUT2D eigenvalue weighted by atomic mass is 32.2.